The van der Waals surface area contributed by atoms with Crippen LogP contribution in [0.25, 0.3) is 0 Å². The van der Waals surface area contributed by atoms with Crippen molar-refractivity contribution in [1.82, 2.24) is 0 Å². The van der Waals surface area contributed by atoms with Crippen molar-refractivity contribution in [3.8, 4) is 5.75 Å². The number of anilines is 1. The maximum Gasteiger partial charge on any atom is 0.227 e. The molecule has 0 radical (unpaired) electrons. The van der Waals surface area contributed by atoms with Gasteiger partial charge < -0.3 is 15.4 Å². The zero-order valence-electron chi connectivity index (χ0n) is 10.8. The summed E-state index contributed by atoms with van der Waals surface area (Å²) >= 11 is 0. The predicted molar refractivity (Wildman–Crippen MR) is 71.7 cm³/mol. The Hall–Kier alpha value is -1.55. The highest BCUT2D eigenvalue weighted by molar-refractivity contribution is 5.95. The SMILES string of the molecule is CC(CN)CCC(=O)N1CCOc2ccccc21. The highest BCUT2D eigenvalue weighted by atomic mass is 16.5. The Morgan fingerprint density at radius 3 is 3.06 bits per heavy atom. The Bertz CT molecular complexity index is 420. The fourth-order valence-electron chi connectivity index (χ4n) is 2.05. The first-order chi connectivity index (χ1) is 8.72. The van der Waals surface area contributed by atoms with E-state index < -0.39 is 0 Å². The summed E-state index contributed by atoms with van der Waals surface area (Å²) in [6.07, 6.45) is 1.39. The van der Waals surface area contributed by atoms with Gasteiger partial charge >= 0.3 is 0 Å². The van der Waals surface area contributed by atoms with Crippen LogP contribution in [0.15, 0.2) is 24.3 Å². The van der Waals surface area contributed by atoms with Crippen molar-refractivity contribution in [2.45, 2.75) is 19.8 Å². The first kappa shape index (κ1) is 12.9. The Labute approximate surface area is 108 Å². The molecule has 1 atom stereocenters. The number of fused-ring (bicyclic) bond motifs is 1. The molecule has 4 heteroatoms. The molecule has 0 fully saturated rings. The van der Waals surface area contributed by atoms with Crippen molar-refractivity contribution in [1.29, 1.82) is 0 Å². The van der Waals surface area contributed by atoms with Gasteiger partial charge in [-0.1, -0.05) is 19.1 Å². The van der Waals surface area contributed by atoms with Gasteiger partial charge in [0.15, 0.2) is 0 Å². The minimum atomic E-state index is 0.158. The van der Waals surface area contributed by atoms with Gasteiger partial charge in [-0.05, 0) is 31.0 Å². The molecule has 1 aromatic carbocycles. The first-order valence-electron chi connectivity index (χ1n) is 6.44. The number of benzene rings is 1. The standard InChI is InChI=1S/C14H20N2O2/c1-11(10-15)6-7-14(17)16-8-9-18-13-5-3-2-4-12(13)16/h2-5,11H,6-10,15H2,1H3. The molecule has 2 rings (SSSR count). The van der Waals surface area contributed by atoms with Crippen LogP contribution in [-0.4, -0.2) is 25.6 Å². The molecule has 2 N–H and O–H groups in total. The van der Waals surface area contributed by atoms with E-state index in [1.807, 2.05) is 29.2 Å². The summed E-state index contributed by atoms with van der Waals surface area (Å²) in [6, 6.07) is 7.68. The largest absolute Gasteiger partial charge is 0.490 e. The molecule has 1 aliphatic rings. The van der Waals surface area contributed by atoms with E-state index in [0.29, 0.717) is 32.0 Å². The van der Waals surface area contributed by atoms with Gasteiger partial charge in [-0.15, -0.1) is 0 Å². The van der Waals surface area contributed by atoms with Crippen molar-refractivity contribution < 1.29 is 9.53 Å². The Kier molecular flexibility index (Phi) is 4.20. The molecule has 1 unspecified atom stereocenters. The molecular weight excluding hydrogens is 228 g/mol. The van der Waals surface area contributed by atoms with Crippen LogP contribution in [-0.2, 0) is 4.79 Å². The zero-order valence-corrected chi connectivity index (χ0v) is 10.8. The smallest absolute Gasteiger partial charge is 0.227 e. The number of amides is 1. The summed E-state index contributed by atoms with van der Waals surface area (Å²) < 4.78 is 5.54. The number of carbonyl (C=O) groups is 1. The minimum Gasteiger partial charge on any atom is -0.490 e. The molecule has 0 saturated heterocycles. The van der Waals surface area contributed by atoms with Crippen molar-refractivity contribution >= 4 is 11.6 Å². The van der Waals surface area contributed by atoms with E-state index in [2.05, 4.69) is 6.92 Å². The number of nitrogens with zero attached hydrogens (tertiary/aromatic N) is 1. The van der Waals surface area contributed by atoms with Gasteiger partial charge in [-0.3, -0.25) is 4.79 Å². The van der Waals surface area contributed by atoms with Gasteiger partial charge in [0.1, 0.15) is 12.4 Å². The quantitative estimate of drug-likeness (QED) is 0.883. The number of hydrogen-bond donors (Lipinski definition) is 1. The molecule has 0 spiro atoms. The summed E-state index contributed by atoms with van der Waals surface area (Å²) in [4.78, 5) is 14.0. The molecule has 0 saturated carbocycles. The number of rotatable bonds is 4. The molecular formula is C14H20N2O2. The van der Waals surface area contributed by atoms with Gasteiger partial charge in [-0.2, -0.15) is 0 Å². The number of ether oxygens (including phenoxy) is 1. The molecule has 0 aromatic heterocycles. The van der Waals surface area contributed by atoms with E-state index >= 15 is 0 Å². The predicted octanol–water partition coefficient (Wildman–Crippen LogP) is 1.79. The second-order valence-electron chi connectivity index (χ2n) is 4.74. The summed E-state index contributed by atoms with van der Waals surface area (Å²) in [5, 5.41) is 0. The summed E-state index contributed by atoms with van der Waals surface area (Å²) in [7, 11) is 0. The first-order valence-corrected chi connectivity index (χ1v) is 6.44. The lowest BCUT2D eigenvalue weighted by atomic mass is 10.1. The van der Waals surface area contributed by atoms with Crippen LogP contribution in [0.2, 0.25) is 0 Å². The van der Waals surface area contributed by atoms with E-state index in [-0.39, 0.29) is 5.91 Å². The van der Waals surface area contributed by atoms with Crippen LogP contribution in [0.3, 0.4) is 0 Å². The van der Waals surface area contributed by atoms with Crippen LogP contribution < -0.4 is 15.4 Å². The molecule has 0 bridgehead atoms. The molecule has 1 heterocycles. The molecule has 4 nitrogen and oxygen atoms in total. The number of nitrogens with two attached hydrogens (primary N) is 1. The van der Waals surface area contributed by atoms with Crippen molar-refractivity contribution in [2.24, 2.45) is 11.7 Å². The van der Waals surface area contributed by atoms with Crippen LogP contribution >= 0.6 is 0 Å². The maximum atomic E-state index is 12.2. The van der Waals surface area contributed by atoms with Gasteiger partial charge in [0.25, 0.3) is 0 Å². The second-order valence-corrected chi connectivity index (χ2v) is 4.74. The number of carbonyl (C=O) groups excluding carboxylic acids is 1. The number of para-hydroxylation sites is 2. The average Bonchev–Trinajstić information content (AvgIpc) is 2.43. The Morgan fingerprint density at radius 1 is 1.50 bits per heavy atom. The monoisotopic (exact) mass is 248 g/mol. The molecule has 98 valence electrons. The normalized spacial score (nSPS) is 15.8. The lowest BCUT2D eigenvalue weighted by Gasteiger charge is -2.29. The van der Waals surface area contributed by atoms with E-state index in [1.165, 1.54) is 0 Å². The van der Waals surface area contributed by atoms with Crippen molar-refractivity contribution in [3.63, 3.8) is 0 Å². The average molecular weight is 248 g/mol. The van der Waals surface area contributed by atoms with Gasteiger partial charge in [0, 0.05) is 6.42 Å². The van der Waals surface area contributed by atoms with Crippen LogP contribution in [0.5, 0.6) is 5.75 Å². The van der Waals surface area contributed by atoms with Crippen molar-refractivity contribution in [3.05, 3.63) is 24.3 Å². The molecule has 1 aromatic rings. The molecule has 1 aliphatic heterocycles. The zero-order chi connectivity index (χ0) is 13.0. The lowest BCUT2D eigenvalue weighted by Crippen LogP contribution is -2.38. The minimum absolute atomic E-state index is 0.158. The second kappa shape index (κ2) is 5.87. The Balaban J connectivity index is 2.04. The van der Waals surface area contributed by atoms with E-state index in [4.69, 9.17) is 10.5 Å². The molecule has 1 amide bonds. The summed E-state index contributed by atoms with van der Waals surface area (Å²) in [5.41, 5.74) is 6.45. The third kappa shape index (κ3) is 2.82. The lowest BCUT2D eigenvalue weighted by molar-refractivity contribution is -0.119. The van der Waals surface area contributed by atoms with Gasteiger partial charge in [0.05, 0.1) is 12.2 Å². The molecule has 18 heavy (non-hydrogen) atoms. The third-order valence-electron chi connectivity index (χ3n) is 3.28. The van der Waals surface area contributed by atoms with E-state index in [9.17, 15) is 4.79 Å². The van der Waals surface area contributed by atoms with Crippen LogP contribution in [0.4, 0.5) is 5.69 Å². The highest BCUT2D eigenvalue weighted by Gasteiger charge is 2.22. The van der Waals surface area contributed by atoms with Gasteiger partial charge in [0.2, 0.25) is 5.91 Å². The number of hydrogen-bond acceptors (Lipinski definition) is 3. The van der Waals surface area contributed by atoms with Gasteiger partial charge in [-0.25, -0.2) is 0 Å². The summed E-state index contributed by atoms with van der Waals surface area (Å²) in [5.74, 6) is 1.35. The van der Waals surface area contributed by atoms with E-state index in [0.717, 1.165) is 17.9 Å². The molecule has 0 aliphatic carbocycles. The highest BCUT2D eigenvalue weighted by Crippen LogP contribution is 2.31. The fraction of sp³-hybridized carbons (Fsp3) is 0.500. The van der Waals surface area contributed by atoms with E-state index in [1.54, 1.807) is 0 Å². The Morgan fingerprint density at radius 2 is 2.28 bits per heavy atom. The van der Waals surface area contributed by atoms with Crippen molar-refractivity contribution in [2.75, 3.05) is 24.6 Å². The van der Waals surface area contributed by atoms with Crippen LogP contribution in [0, 0.1) is 5.92 Å². The maximum absolute atomic E-state index is 12.2. The fourth-order valence-corrected chi connectivity index (χ4v) is 2.05. The topological polar surface area (TPSA) is 55.6 Å². The summed E-state index contributed by atoms with van der Waals surface area (Å²) in [6.45, 7) is 3.90. The third-order valence-corrected chi connectivity index (χ3v) is 3.28. The van der Waals surface area contributed by atoms with Crippen LogP contribution in [0.1, 0.15) is 19.8 Å².